The molecule has 0 bridgehead atoms. The van der Waals surface area contributed by atoms with Crippen molar-refractivity contribution < 1.29 is 27.4 Å². The van der Waals surface area contributed by atoms with Gasteiger partial charge in [0.1, 0.15) is 17.8 Å². The minimum absolute atomic E-state index is 0.0549. The lowest BCUT2D eigenvalue weighted by atomic mass is 10.00. The van der Waals surface area contributed by atoms with E-state index in [1.807, 2.05) is 42.5 Å². The Morgan fingerprint density at radius 1 is 1.09 bits per heavy atom. The van der Waals surface area contributed by atoms with Crippen LogP contribution in [0.2, 0.25) is 0 Å². The van der Waals surface area contributed by atoms with Crippen LogP contribution >= 0.6 is 24.0 Å². The van der Waals surface area contributed by atoms with Crippen molar-refractivity contribution in [3.8, 4) is 28.6 Å². The number of carbonyl (C=O) groups excluding carboxylic acids is 1. The molecule has 4 aromatic rings. The van der Waals surface area contributed by atoms with Crippen LogP contribution in [0.1, 0.15) is 37.3 Å². The van der Waals surface area contributed by atoms with E-state index in [-0.39, 0.29) is 23.3 Å². The highest BCUT2D eigenvalue weighted by molar-refractivity contribution is 8.15. The average Bonchev–Trinajstić information content (AvgIpc) is 3.66. The van der Waals surface area contributed by atoms with E-state index in [9.17, 15) is 18.0 Å². The number of hydrogen-bond donors (Lipinski definition) is 1. The molecule has 0 spiro atoms. The van der Waals surface area contributed by atoms with Gasteiger partial charge in [0.25, 0.3) is 0 Å². The van der Waals surface area contributed by atoms with Gasteiger partial charge in [-0.3, -0.25) is 9.69 Å². The number of carbonyl (C=O) groups is 1. The van der Waals surface area contributed by atoms with Crippen molar-refractivity contribution in [1.29, 1.82) is 0 Å². The van der Waals surface area contributed by atoms with Gasteiger partial charge in [-0.1, -0.05) is 55.9 Å². The van der Waals surface area contributed by atoms with E-state index in [0.29, 0.717) is 34.1 Å². The Hall–Kier alpha value is -4.43. The first kappa shape index (κ1) is 32.9. The summed E-state index contributed by atoms with van der Waals surface area (Å²) in [7, 11) is 1.60. The highest BCUT2D eigenvalue weighted by atomic mass is 32.2. The number of anilines is 1. The van der Waals surface area contributed by atoms with Crippen LogP contribution in [0, 0.1) is 0 Å². The van der Waals surface area contributed by atoms with Crippen LogP contribution in [0.25, 0.3) is 17.1 Å². The Morgan fingerprint density at radius 2 is 1.80 bits per heavy atom. The largest absolute Gasteiger partial charge is 0.573 e. The average molecular weight is 669 g/mol. The van der Waals surface area contributed by atoms with Crippen molar-refractivity contribution in [2.75, 3.05) is 24.3 Å². The third-order valence-electron chi connectivity index (χ3n) is 7.02. The molecule has 1 aliphatic rings. The first-order valence-electron chi connectivity index (χ1n) is 14.4. The number of amidine groups is 1. The van der Waals surface area contributed by atoms with Crippen molar-refractivity contribution in [3.63, 3.8) is 0 Å². The summed E-state index contributed by atoms with van der Waals surface area (Å²) in [5.74, 6) is 1.27. The van der Waals surface area contributed by atoms with E-state index < -0.39 is 6.36 Å². The van der Waals surface area contributed by atoms with Crippen LogP contribution in [-0.4, -0.2) is 56.7 Å². The molecule has 2 heterocycles. The molecular formula is C32H31F3N6O3S2. The van der Waals surface area contributed by atoms with Crippen LogP contribution < -0.4 is 19.7 Å². The van der Waals surface area contributed by atoms with Crippen LogP contribution in [-0.2, 0) is 11.2 Å². The fraction of sp³-hybridized carbons (Fsp3) is 0.281. The maximum absolute atomic E-state index is 12.9. The van der Waals surface area contributed by atoms with E-state index in [2.05, 4.69) is 39.0 Å². The maximum atomic E-state index is 12.9. The summed E-state index contributed by atoms with van der Waals surface area (Å²) in [6.45, 7) is 4.75. The topological polar surface area (TPSA) is 93.9 Å². The lowest BCUT2D eigenvalue weighted by molar-refractivity contribution is -0.274. The van der Waals surface area contributed by atoms with Gasteiger partial charge in [-0.05, 0) is 72.4 Å². The van der Waals surface area contributed by atoms with Gasteiger partial charge in [-0.25, -0.2) is 9.67 Å². The molecule has 14 heteroatoms. The molecule has 0 aliphatic carbocycles. The molecule has 240 valence electrons. The number of aliphatic imine (C=N–C) groups is 1. The minimum Gasteiger partial charge on any atom is -0.497 e. The number of ether oxygens (including phenoxy) is 2. The van der Waals surface area contributed by atoms with Gasteiger partial charge in [-0.15, -0.1) is 18.3 Å². The van der Waals surface area contributed by atoms with Crippen molar-refractivity contribution in [2.45, 2.75) is 39.0 Å². The molecule has 1 fully saturated rings. The van der Waals surface area contributed by atoms with Gasteiger partial charge in [0.15, 0.2) is 16.1 Å². The monoisotopic (exact) mass is 668 g/mol. The molecule has 0 unspecified atom stereocenters. The lowest BCUT2D eigenvalue weighted by Crippen LogP contribution is -2.32. The Labute approximate surface area is 273 Å². The normalized spacial score (nSPS) is 14.3. The predicted octanol–water partition coefficient (Wildman–Crippen LogP) is 6.91. The number of methoxy groups -OCH3 is 1. The van der Waals surface area contributed by atoms with E-state index >= 15 is 0 Å². The SMILES string of the molecule is COc1ccc(C(C)C)c(N2C(=O)CSC2=NC(=S)NCCCc2ccc(-c3ncn(-c4ccc(OC(F)(F)F)cc4)n3)cc2)c1. The maximum Gasteiger partial charge on any atom is 0.573 e. The molecule has 0 radical (unpaired) electrons. The number of nitrogens with one attached hydrogen (secondary N) is 1. The van der Waals surface area contributed by atoms with Crippen LogP contribution in [0.4, 0.5) is 18.9 Å². The first-order valence-corrected chi connectivity index (χ1v) is 15.8. The van der Waals surface area contributed by atoms with Crippen molar-refractivity contribution in [2.24, 2.45) is 4.99 Å². The molecule has 1 aliphatic heterocycles. The lowest BCUT2D eigenvalue weighted by Gasteiger charge is -2.22. The Balaban J connectivity index is 1.14. The molecule has 1 aromatic heterocycles. The van der Waals surface area contributed by atoms with Gasteiger partial charge in [0, 0.05) is 18.2 Å². The quantitative estimate of drug-likeness (QED) is 0.144. The van der Waals surface area contributed by atoms with Crippen LogP contribution in [0.5, 0.6) is 11.5 Å². The number of aryl methyl sites for hydroxylation is 1. The molecule has 0 atom stereocenters. The summed E-state index contributed by atoms with van der Waals surface area (Å²) in [4.78, 5) is 23.4. The molecule has 1 amide bonds. The van der Waals surface area contributed by atoms with Crippen molar-refractivity contribution >= 4 is 45.9 Å². The number of hydrogen-bond acceptors (Lipinski definition) is 7. The Morgan fingerprint density at radius 3 is 2.48 bits per heavy atom. The van der Waals surface area contributed by atoms with E-state index in [0.717, 1.165) is 35.2 Å². The minimum atomic E-state index is -4.75. The smallest absolute Gasteiger partial charge is 0.497 e. The molecule has 3 aromatic carbocycles. The van der Waals surface area contributed by atoms with Crippen molar-refractivity contribution in [3.05, 3.63) is 84.2 Å². The second-order valence-electron chi connectivity index (χ2n) is 10.6. The number of nitrogens with zero attached hydrogens (tertiary/aromatic N) is 5. The summed E-state index contributed by atoms with van der Waals surface area (Å²) >= 11 is 6.85. The second-order valence-corrected chi connectivity index (χ2v) is 11.9. The molecule has 1 saturated heterocycles. The van der Waals surface area contributed by atoms with Gasteiger partial charge >= 0.3 is 6.36 Å². The first-order chi connectivity index (χ1) is 22.0. The van der Waals surface area contributed by atoms with Gasteiger partial charge in [0.2, 0.25) is 5.91 Å². The zero-order valence-corrected chi connectivity index (χ0v) is 26.9. The molecular weight excluding hydrogens is 638 g/mol. The number of thiocarbonyl (C=S) groups is 1. The number of benzene rings is 3. The number of thioether (sulfide) groups is 1. The summed E-state index contributed by atoms with van der Waals surface area (Å²) in [5.41, 5.74) is 4.24. The van der Waals surface area contributed by atoms with E-state index in [4.69, 9.17) is 17.0 Å². The highest BCUT2D eigenvalue weighted by Gasteiger charge is 2.33. The molecule has 1 N–H and O–H groups in total. The van der Waals surface area contributed by atoms with Crippen molar-refractivity contribution in [1.82, 2.24) is 20.1 Å². The molecule has 0 saturated carbocycles. The summed E-state index contributed by atoms with van der Waals surface area (Å²) in [6.07, 6.45) is -1.65. The second kappa shape index (κ2) is 14.3. The van der Waals surface area contributed by atoms with E-state index in [1.165, 1.54) is 47.0 Å². The van der Waals surface area contributed by atoms with Crippen LogP contribution in [0.15, 0.2) is 78.0 Å². The number of amides is 1. The zero-order chi connectivity index (χ0) is 32.8. The molecule has 5 rings (SSSR count). The Bertz CT molecular complexity index is 1720. The number of alkyl halides is 3. The van der Waals surface area contributed by atoms with E-state index in [1.54, 1.807) is 12.0 Å². The third kappa shape index (κ3) is 8.23. The number of halogens is 3. The fourth-order valence-corrected chi connectivity index (χ4v) is 5.88. The summed E-state index contributed by atoms with van der Waals surface area (Å²) in [5, 5.41) is 8.48. The van der Waals surface area contributed by atoms with Crippen LogP contribution in [0.3, 0.4) is 0 Å². The standard InChI is InChI=1S/C32H31F3N6O3S2/c1-20(2)26-15-14-25(43-3)17-27(26)41-28(42)18-46-31(41)38-30(45)36-16-4-5-21-6-8-22(9-7-21)29-37-19-40(39-29)23-10-12-24(13-11-23)44-32(33,34)35/h6-15,17,19-20H,4-5,16,18H2,1-3H3,(H,36,45). The molecule has 9 nitrogen and oxygen atoms in total. The fourth-order valence-electron chi connectivity index (χ4n) is 4.77. The highest BCUT2D eigenvalue weighted by Crippen LogP contribution is 2.36. The number of aromatic nitrogens is 3. The summed E-state index contributed by atoms with van der Waals surface area (Å²) < 4.78 is 48.0. The predicted molar refractivity (Wildman–Crippen MR) is 177 cm³/mol. The molecule has 46 heavy (non-hydrogen) atoms. The van der Waals surface area contributed by atoms with Gasteiger partial charge < -0.3 is 14.8 Å². The summed E-state index contributed by atoms with van der Waals surface area (Å²) in [6, 6.07) is 19.0. The Kier molecular flexibility index (Phi) is 10.3. The number of rotatable bonds is 10. The third-order valence-corrected chi connectivity index (χ3v) is 8.18. The van der Waals surface area contributed by atoms with Gasteiger partial charge in [-0.2, -0.15) is 4.99 Å². The zero-order valence-electron chi connectivity index (χ0n) is 25.2. The van der Waals surface area contributed by atoms with Gasteiger partial charge in [0.05, 0.1) is 24.2 Å².